The van der Waals surface area contributed by atoms with Gasteiger partial charge in [0, 0.05) is 6.42 Å². The molecule has 1 aliphatic rings. The molecule has 0 spiro atoms. The molecule has 3 unspecified atom stereocenters. The lowest BCUT2D eigenvalue weighted by Gasteiger charge is -2.24. The lowest BCUT2D eigenvalue weighted by Crippen LogP contribution is -2.37. The van der Waals surface area contributed by atoms with E-state index in [0.29, 0.717) is 17.4 Å². The van der Waals surface area contributed by atoms with E-state index in [2.05, 4.69) is 50.3 Å². The first-order chi connectivity index (χ1) is 27.1. The highest BCUT2D eigenvalue weighted by molar-refractivity contribution is 7.47. The standard InChI is InChI=1S/C46H84NO8P/c1-6-8-10-12-14-16-18-20-21-22-23-25-27-29-31-33-39-51-43(42-54-56(49,50)53-40-38-47(3,4)5)41-52-46(48)37-34-36-45-44(55-45)35-32-30-28-26-24-19-17-15-13-11-9-7-2/h15,17,24,26,30,32-33,39,43-45H,6-14,16,18-23,25,27-29,31,34-38,40-42H2,1-5H3/p+1/b17-15-,26-24-,32-30-,39-33+/t43-,44?,45?/m1/s1. The van der Waals surface area contributed by atoms with Crippen LogP contribution in [0.15, 0.2) is 48.8 Å². The Morgan fingerprint density at radius 3 is 1.84 bits per heavy atom. The minimum atomic E-state index is -4.29. The van der Waals surface area contributed by atoms with E-state index in [1.165, 1.54) is 109 Å². The highest BCUT2D eigenvalue weighted by Gasteiger charge is 2.36. The third-order valence-corrected chi connectivity index (χ3v) is 10.9. The Bertz CT molecular complexity index is 1100. The van der Waals surface area contributed by atoms with Gasteiger partial charge in [0.2, 0.25) is 0 Å². The van der Waals surface area contributed by atoms with Crippen LogP contribution in [0.4, 0.5) is 0 Å². The number of carbonyl (C=O) groups is 1. The number of ether oxygens (including phenoxy) is 3. The second kappa shape index (κ2) is 35.2. The van der Waals surface area contributed by atoms with E-state index in [-0.39, 0.29) is 44.4 Å². The minimum Gasteiger partial charge on any atom is -0.492 e. The van der Waals surface area contributed by atoms with Crippen molar-refractivity contribution in [2.45, 2.75) is 193 Å². The number of esters is 1. The van der Waals surface area contributed by atoms with Gasteiger partial charge >= 0.3 is 13.8 Å². The SMILES string of the molecule is CCCCC/C=C\C/C=C\C/C=C\CC1OC1CCCC(=O)OC[C@H](COP(=O)(O)OCC[N+](C)(C)C)O/C=C/CCCCCCCCCCCCCCCC. The second-order valence-corrected chi connectivity index (χ2v) is 18.0. The van der Waals surface area contributed by atoms with Crippen molar-refractivity contribution in [2.24, 2.45) is 0 Å². The Morgan fingerprint density at radius 1 is 0.679 bits per heavy atom. The summed E-state index contributed by atoms with van der Waals surface area (Å²) < 4.78 is 40.6. The Balaban J connectivity index is 2.29. The number of phosphoric acid groups is 1. The Hall–Kier alpha value is -1.74. The minimum absolute atomic E-state index is 0.0768. The van der Waals surface area contributed by atoms with Gasteiger partial charge in [-0.05, 0) is 63.9 Å². The molecular formula is C46H85NO8P+. The highest BCUT2D eigenvalue weighted by Crippen LogP contribution is 2.43. The van der Waals surface area contributed by atoms with Crippen molar-refractivity contribution in [3.8, 4) is 0 Å². The van der Waals surface area contributed by atoms with Gasteiger partial charge in [-0.3, -0.25) is 13.8 Å². The van der Waals surface area contributed by atoms with Crippen molar-refractivity contribution in [1.29, 1.82) is 0 Å². The Morgan fingerprint density at radius 2 is 1.21 bits per heavy atom. The number of epoxide rings is 1. The van der Waals surface area contributed by atoms with Gasteiger partial charge in [-0.25, -0.2) is 4.57 Å². The lowest BCUT2D eigenvalue weighted by atomic mass is 10.0. The van der Waals surface area contributed by atoms with Gasteiger partial charge in [-0.15, -0.1) is 0 Å². The third-order valence-electron chi connectivity index (χ3n) is 9.91. The van der Waals surface area contributed by atoms with E-state index >= 15 is 0 Å². The average molecular weight is 811 g/mol. The maximum Gasteiger partial charge on any atom is 0.472 e. The fourth-order valence-corrected chi connectivity index (χ4v) is 6.95. The van der Waals surface area contributed by atoms with Gasteiger partial charge in [0.1, 0.15) is 19.8 Å². The Labute approximate surface area is 343 Å². The first-order valence-electron chi connectivity index (χ1n) is 22.5. The van der Waals surface area contributed by atoms with Crippen LogP contribution in [0, 0.1) is 0 Å². The molecule has 0 aromatic heterocycles. The van der Waals surface area contributed by atoms with Crippen LogP contribution >= 0.6 is 7.82 Å². The molecular weight excluding hydrogens is 725 g/mol. The smallest absolute Gasteiger partial charge is 0.472 e. The zero-order chi connectivity index (χ0) is 41.0. The molecule has 0 aromatic rings. The van der Waals surface area contributed by atoms with Crippen molar-refractivity contribution in [3.05, 3.63) is 48.8 Å². The number of phosphoric ester groups is 1. The number of nitrogens with zero attached hydrogens (tertiary/aromatic N) is 1. The molecule has 0 amide bonds. The van der Waals surface area contributed by atoms with Gasteiger partial charge in [0.05, 0.1) is 46.2 Å². The maximum atomic E-state index is 12.6. The van der Waals surface area contributed by atoms with Crippen molar-refractivity contribution in [1.82, 2.24) is 0 Å². The number of quaternary nitrogens is 1. The summed E-state index contributed by atoms with van der Waals surface area (Å²) in [6, 6.07) is 0. The van der Waals surface area contributed by atoms with E-state index in [4.69, 9.17) is 23.3 Å². The predicted octanol–water partition coefficient (Wildman–Crippen LogP) is 12.5. The summed E-state index contributed by atoms with van der Waals surface area (Å²) in [5.74, 6) is -0.337. The zero-order valence-electron chi connectivity index (χ0n) is 36.6. The molecule has 1 fully saturated rings. The number of hydrogen-bond donors (Lipinski definition) is 1. The maximum absolute atomic E-state index is 12.6. The second-order valence-electron chi connectivity index (χ2n) is 16.5. The van der Waals surface area contributed by atoms with E-state index in [0.717, 1.165) is 38.5 Å². The molecule has 9 nitrogen and oxygen atoms in total. The summed E-state index contributed by atoms with van der Waals surface area (Å²) in [5, 5.41) is 0. The summed E-state index contributed by atoms with van der Waals surface area (Å²) in [6.45, 7) is 4.79. The molecule has 56 heavy (non-hydrogen) atoms. The van der Waals surface area contributed by atoms with Crippen LogP contribution in [0.2, 0.25) is 0 Å². The number of unbranched alkanes of at least 4 members (excludes halogenated alkanes) is 17. The third kappa shape index (κ3) is 35.4. The van der Waals surface area contributed by atoms with Crippen LogP contribution in [-0.2, 0) is 32.6 Å². The fourth-order valence-electron chi connectivity index (χ4n) is 6.21. The van der Waals surface area contributed by atoms with Crippen molar-refractivity contribution in [2.75, 3.05) is 47.5 Å². The summed E-state index contributed by atoms with van der Waals surface area (Å²) >= 11 is 0. The van der Waals surface area contributed by atoms with Crippen LogP contribution in [0.25, 0.3) is 0 Å². The van der Waals surface area contributed by atoms with Gasteiger partial charge in [-0.2, -0.15) is 0 Å². The van der Waals surface area contributed by atoms with Crippen LogP contribution in [0.5, 0.6) is 0 Å². The van der Waals surface area contributed by atoms with E-state index < -0.39 is 13.9 Å². The van der Waals surface area contributed by atoms with E-state index in [1.807, 2.05) is 27.2 Å². The predicted molar refractivity (Wildman–Crippen MR) is 232 cm³/mol. The Kier molecular flexibility index (Phi) is 32.9. The topological polar surface area (TPSA) is 104 Å². The van der Waals surface area contributed by atoms with E-state index in [1.54, 1.807) is 6.26 Å². The van der Waals surface area contributed by atoms with Crippen LogP contribution in [-0.4, -0.2) is 81.2 Å². The number of likely N-dealkylation sites (N-methyl/N-ethyl adjacent to an activating group) is 1. The quantitative estimate of drug-likeness (QED) is 0.0124. The van der Waals surface area contributed by atoms with Crippen LogP contribution < -0.4 is 0 Å². The average Bonchev–Trinajstić information content (AvgIpc) is 3.91. The molecule has 0 radical (unpaired) electrons. The first kappa shape index (κ1) is 52.3. The fraction of sp³-hybridized carbons (Fsp3) is 0.804. The van der Waals surface area contributed by atoms with E-state index in [9.17, 15) is 14.3 Å². The van der Waals surface area contributed by atoms with Gasteiger partial charge in [0.15, 0.2) is 6.10 Å². The molecule has 1 saturated heterocycles. The molecule has 0 aliphatic carbocycles. The normalized spacial score (nSPS) is 17.8. The number of carbonyl (C=O) groups excluding carboxylic acids is 1. The molecule has 1 aliphatic heterocycles. The molecule has 10 heteroatoms. The van der Waals surface area contributed by atoms with Crippen LogP contribution in [0.1, 0.15) is 174 Å². The summed E-state index contributed by atoms with van der Waals surface area (Å²) in [6.07, 6.45) is 45.5. The molecule has 1 rings (SSSR count). The van der Waals surface area contributed by atoms with Gasteiger partial charge in [0.25, 0.3) is 0 Å². The number of hydrogen-bond acceptors (Lipinski definition) is 7. The molecule has 0 bridgehead atoms. The lowest BCUT2D eigenvalue weighted by molar-refractivity contribution is -0.870. The number of allylic oxidation sites excluding steroid dienone is 6. The van der Waals surface area contributed by atoms with Gasteiger partial charge < -0.3 is 23.6 Å². The molecule has 4 atom stereocenters. The van der Waals surface area contributed by atoms with Crippen molar-refractivity contribution >= 4 is 13.8 Å². The zero-order valence-corrected chi connectivity index (χ0v) is 37.5. The molecule has 0 saturated carbocycles. The highest BCUT2D eigenvalue weighted by atomic mass is 31.2. The summed E-state index contributed by atoms with van der Waals surface area (Å²) in [4.78, 5) is 22.8. The van der Waals surface area contributed by atoms with Crippen LogP contribution in [0.3, 0.4) is 0 Å². The molecule has 1 N–H and O–H groups in total. The summed E-state index contributed by atoms with van der Waals surface area (Å²) in [5.41, 5.74) is 0. The molecule has 0 aromatic carbocycles. The largest absolute Gasteiger partial charge is 0.492 e. The first-order valence-corrected chi connectivity index (χ1v) is 24.0. The van der Waals surface area contributed by atoms with Gasteiger partial charge in [-0.1, -0.05) is 147 Å². The molecule has 326 valence electrons. The van der Waals surface area contributed by atoms with Crippen molar-refractivity contribution < 1.29 is 42.0 Å². The monoisotopic (exact) mass is 811 g/mol. The summed E-state index contributed by atoms with van der Waals surface area (Å²) in [7, 11) is 1.63. The van der Waals surface area contributed by atoms with Crippen molar-refractivity contribution in [3.63, 3.8) is 0 Å². The number of rotatable bonds is 40. The molecule has 1 heterocycles.